The monoisotopic (exact) mass is 598 g/mol. The van der Waals surface area contributed by atoms with Crippen LogP contribution in [0.1, 0.15) is 27.0 Å². The number of nitrogens with one attached hydrogen (secondary N) is 2. The van der Waals surface area contributed by atoms with Crippen molar-refractivity contribution in [2.24, 2.45) is 4.99 Å². The third-order valence-electron chi connectivity index (χ3n) is 6.45. The van der Waals surface area contributed by atoms with Gasteiger partial charge in [-0.3, -0.25) is 9.59 Å². The van der Waals surface area contributed by atoms with Crippen LogP contribution in [0.5, 0.6) is 0 Å². The topological polar surface area (TPSA) is 90.9 Å². The lowest BCUT2D eigenvalue weighted by molar-refractivity contribution is -0.120. The number of carbonyl (C=O) groups is 3. The van der Waals surface area contributed by atoms with E-state index in [1.54, 1.807) is 30.3 Å². The number of rotatable bonds is 6. The molecular weight excluding hydrogens is 575 g/mol. The van der Waals surface area contributed by atoms with Gasteiger partial charge in [-0.2, -0.15) is 0 Å². The number of nitrogens with zero attached hydrogens (tertiary/aromatic N) is 2. The summed E-state index contributed by atoms with van der Waals surface area (Å²) >= 11 is 3.19. The van der Waals surface area contributed by atoms with Gasteiger partial charge in [0.1, 0.15) is 5.82 Å². The summed E-state index contributed by atoms with van der Waals surface area (Å²) in [5.74, 6) is -1.51. The third-order valence-corrected chi connectivity index (χ3v) is 6.94. The summed E-state index contributed by atoms with van der Waals surface area (Å²) in [4.78, 5) is 46.4. The van der Waals surface area contributed by atoms with Crippen molar-refractivity contribution in [1.82, 2.24) is 5.32 Å². The summed E-state index contributed by atoms with van der Waals surface area (Å²) in [5, 5.41) is 5.01. The molecule has 0 saturated carbocycles. The molecule has 1 atom stereocenters. The maximum absolute atomic E-state index is 14.4. The largest absolute Gasteiger partial charge is 0.321 e. The van der Waals surface area contributed by atoms with Crippen LogP contribution in [0.2, 0.25) is 0 Å². The van der Waals surface area contributed by atoms with Crippen LogP contribution in [-0.2, 0) is 4.79 Å². The molecule has 40 heavy (non-hydrogen) atoms. The lowest BCUT2D eigenvalue weighted by atomic mass is 9.99. The molecule has 0 unspecified atom stereocenters. The van der Waals surface area contributed by atoms with Crippen molar-refractivity contribution in [2.75, 3.05) is 16.8 Å². The van der Waals surface area contributed by atoms with Gasteiger partial charge in [0, 0.05) is 21.2 Å². The Morgan fingerprint density at radius 2 is 1.65 bits per heavy atom. The molecule has 1 aliphatic rings. The van der Waals surface area contributed by atoms with E-state index in [0.717, 1.165) is 11.1 Å². The van der Waals surface area contributed by atoms with E-state index >= 15 is 0 Å². The molecule has 5 rings (SSSR count). The Morgan fingerprint density at radius 1 is 0.950 bits per heavy atom. The van der Waals surface area contributed by atoms with Crippen LogP contribution in [0.15, 0.2) is 107 Å². The highest BCUT2D eigenvalue weighted by Crippen LogP contribution is 2.29. The van der Waals surface area contributed by atoms with Crippen molar-refractivity contribution in [3.05, 3.63) is 130 Å². The number of halogens is 2. The van der Waals surface area contributed by atoms with Gasteiger partial charge >= 0.3 is 6.03 Å². The van der Waals surface area contributed by atoms with E-state index in [2.05, 4.69) is 31.6 Å². The minimum absolute atomic E-state index is 0.0658. The lowest BCUT2D eigenvalue weighted by Crippen LogP contribution is -2.50. The first kappa shape index (κ1) is 27.0. The Labute approximate surface area is 238 Å². The Balaban J connectivity index is 1.54. The number of urea groups is 1. The minimum Gasteiger partial charge on any atom is -0.308 e. The van der Waals surface area contributed by atoms with Crippen LogP contribution in [-0.4, -0.2) is 36.1 Å². The number of aryl methyl sites for hydroxylation is 1. The second-order valence-electron chi connectivity index (χ2n) is 9.15. The van der Waals surface area contributed by atoms with Crippen molar-refractivity contribution in [2.45, 2.75) is 13.1 Å². The zero-order valence-corrected chi connectivity index (χ0v) is 23.0. The van der Waals surface area contributed by atoms with Crippen LogP contribution in [0, 0.1) is 12.7 Å². The SMILES string of the molecule is Cc1ccccc1C(=O)CN1C(=O)[C@@H](NC(=O)Nc2ccc(Br)cc2F)N=C(c2ccccc2)c2ccccc21. The molecule has 0 radical (unpaired) electrons. The smallest absolute Gasteiger partial charge is 0.308 e. The molecule has 0 aromatic heterocycles. The molecule has 9 heteroatoms. The number of benzene rings is 4. The van der Waals surface area contributed by atoms with Crippen molar-refractivity contribution in [1.29, 1.82) is 0 Å². The van der Waals surface area contributed by atoms with Crippen molar-refractivity contribution >= 4 is 50.7 Å². The van der Waals surface area contributed by atoms with Crippen molar-refractivity contribution < 1.29 is 18.8 Å². The number of carbonyl (C=O) groups excluding carboxylic acids is 3. The van der Waals surface area contributed by atoms with Crippen molar-refractivity contribution in [3.63, 3.8) is 0 Å². The fourth-order valence-corrected chi connectivity index (χ4v) is 4.83. The molecule has 7 nitrogen and oxygen atoms in total. The van der Waals surface area contributed by atoms with Crippen molar-refractivity contribution in [3.8, 4) is 0 Å². The quantitative estimate of drug-likeness (QED) is 0.262. The van der Waals surface area contributed by atoms with Gasteiger partial charge in [0.05, 0.1) is 23.6 Å². The average Bonchev–Trinajstić information content (AvgIpc) is 3.06. The molecule has 200 valence electrons. The summed E-state index contributed by atoms with van der Waals surface area (Å²) in [7, 11) is 0. The fraction of sp³-hybridized carbons (Fsp3) is 0.0968. The number of aliphatic imine (C=N–C) groups is 1. The maximum atomic E-state index is 14.4. The Morgan fingerprint density at radius 3 is 2.40 bits per heavy atom. The predicted octanol–water partition coefficient (Wildman–Crippen LogP) is 6.11. The summed E-state index contributed by atoms with van der Waals surface area (Å²) in [5.41, 5.74) is 3.52. The second-order valence-corrected chi connectivity index (χ2v) is 10.1. The summed E-state index contributed by atoms with van der Waals surface area (Å²) in [6.45, 7) is 1.57. The number of amides is 3. The average molecular weight is 599 g/mol. The number of anilines is 2. The van der Waals surface area contributed by atoms with Crippen LogP contribution >= 0.6 is 15.9 Å². The van der Waals surface area contributed by atoms with E-state index in [-0.39, 0.29) is 18.0 Å². The van der Waals surface area contributed by atoms with E-state index in [4.69, 9.17) is 0 Å². The first-order valence-corrected chi connectivity index (χ1v) is 13.3. The molecule has 4 aromatic rings. The van der Waals surface area contributed by atoms with Gasteiger partial charge in [-0.25, -0.2) is 14.2 Å². The highest BCUT2D eigenvalue weighted by Gasteiger charge is 2.34. The zero-order valence-electron chi connectivity index (χ0n) is 21.4. The maximum Gasteiger partial charge on any atom is 0.321 e. The molecule has 2 N–H and O–H groups in total. The lowest BCUT2D eigenvalue weighted by Gasteiger charge is -2.25. The zero-order chi connectivity index (χ0) is 28.2. The fourth-order valence-electron chi connectivity index (χ4n) is 4.50. The second kappa shape index (κ2) is 11.6. The minimum atomic E-state index is -1.40. The molecule has 0 aliphatic carbocycles. The van der Waals surface area contributed by atoms with E-state index in [9.17, 15) is 18.8 Å². The Bertz CT molecular complexity index is 1640. The molecule has 0 bridgehead atoms. The Kier molecular flexibility index (Phi) is 7.84. The highest BCUT2D eigenvalue weighted by atomic mass is 79.9. The van der Waals surface area contributed by atoms with Gasteiger partial charge in [-0.1, -0.05) is 88.7 Å². The number of Topliss-reactive ketones (excluding diaryl/α,β-unsaturated/α-hetero) is 1. The van der Waals surface area contributed by atoms with Gasteiger partial charge in [0.2, 0.25) is 6.17 Å². The highest BCUT2D eigenvalue weighted by molar-refractivity contribution is 9.10. The van der Waals surface area contributed by atoms with Gasteiger partial charge in [0.25, 0.3) is 5.91 Å². The van der Waals surface area contributed by atoms with Gasteiger partial charge in [0.15, 0.2) is 5.78 Å². The number of hydrogen-bond acceptors (Lipinski definition) is 4. The molecule has 0 saturated heterocycles. The molecule has 1 heterocycles. The number of fused-ring (bicyclic) bond motifs is 1. The first-order valence-electron chi connectivity index (χ1n) is 12.5. The number of hydrogen-bond donors (Lipinski definition) is 2. The summed E-state index contributed by atoms with van der Waals surface area (Å²) in [6.07, 6.45) is -1.40. The van der Waals surface area contributed by atoms with E-state index in [0.29, 0.717) is 27.0 Å². The Hall–Kier alpha value is -4.63. The predicted molar refractivity (Wildman–Crippen MR) is 156 cm³/mol. The van der Waals surface area contributed by atoms with Gasteiger partial charge < -0.3 is 15.5 Å². The van der Waals surface area contributed by atoms with Crippen LogP contribution < -0.4 is 15.5 Å². The van der Waals surface area contributed by atoms with E-state index in [1.165, 1.54) is 17.0 Å². The third kappa shape index (κ3) is 5.69. The van der Waals surface area contributed by atoms with Gasteiger partial charge in [-0.15, -0.1) is 0 Å². The summed E-state index contributed by atoms with van der Waals surface area (Å²) in [6, 6.07) is 26.9. The molecule has 0 spiro atoms. The van der Waals surface area contributed by atoms with Crippen LogP contribution in [0.4, 0.5) is 20.6 Å². The van der Waals surface area contributed by atoms with E-state index in [1.807, 2.05) is 61.5 Å². The molecule has 1 aliphatic heterocycles. The molecule has 4 aromatic carbocycles. The first-order chi connectivity index (χ1) is 19.3. The van der Waals surface area contributed by atoms with Crippen LogP contribution in [0.25, 0.3) is 0 Å². The number of ketones is 1. The summed E-state index contributed by atoms with van der Waals surface area (Å²) < 4.78 is 14.9. The molecule has 3 amide bonds. The molecule has 0 fully saturated rings. The van der Waals surface area contributed by atoms with Crippen LogP contribution in [0.3, 0.4) is 0 Å². The normalized spacial score (nSPS) is 14.6. The number of para-hydroxylation sites is 1. The van der Waals surface area contributed by atoms with E-state index < -0.39 is 23.9 Å². The number of benzodiazepines with no additional fused rings is 1. The van der Waals surface area contributed by atoms with Gasteiger partial charge in [-0.05, 0) is 36.8 Å². The standard InChI is InChI=1S/C31H24BrFN4O3/c1-19-9-5-6-12-22(19)27(38)18-37-26-14-8-7-13-23(26)28(20-10-3-2-4-11-20)35-29(30(37)39)36-31(40)34-25-16-15-21(32)17-24(25)33/h2-17,29H,18H2,1H3,(H2,34,36,40)/t29-/m1/s1. The molecular formula is C31H24BrFN4O3.